The van der Waals surface area contributed by atoms with Crippen LogP contribution in [0.5, 0.6) is 0 Å². The zero-order valence-electron chi connectivity index (χ0n) is 12.5. The molecule has 3 rings (SSSR count). The molecule has 0 radical (unpaired) electrons. The third-order valence-electron chi connectivity index (χ3n) is 3.71. The van der Waals surface area contributed by atoms with Gasteiger partial charge in [-0.1, -0.05) is 45.9 Å². The van der Waals surface area contributed by atoms with E-state index in [1.807, 2.05) is 38.1 Å². The van der Waals surface area contributed by atoms with E-state index in [1.165, 1.54) is 7.11 Å². The summed E-state index contributed by atoms with van der Waals surface area (Å²) in [6.45, 7) is 3.88. The first kappa shape index (κ1) is 15.4. The predicted molar refractivity (Wildman–Crippen MR) is 92.2 cm³/mol. The molecule has 22 heavy (non-hydrogen) atoms. The molecule has 0 fully saturated rings. The van der Waals surface area contributed by atoms with Crippen LogP contribution in [0.4, 0.5) is 0 Å². The monoisotopic (exact) mass is 378 g/mol. The normalized spacial score (nSPS) is 20.5. The number of methoxy groups -OCH3 is 1. The lowest BCUT2D eigenvalue weighted by molar-refractivity contribution is -0.136. The Morgan fingerprint density at radius 2 is 2.09 bits per heavy atom. The van der Waals surface area contributed by atoms with Gasteiger partial charge in [0.2, 0.25) is 0 Å². The summed E-state index contributed by atoms with van der Waals surface area (Å²) >= 11 is 5.18. The van der Waals surface area contributed by atoms with Crippen molar-refractivity contribution in [3.8, 4) is 0 Å². The summed E-state index contributed by atoms with van der Waals surface area (Å²) in [6.07, 6.45) is 0. The standard InChI is InChI=1S/C16H15BrN2O2S/c1-9-8-22-16-18-10(2)13(15(20)21-3)14(19(9)16)11-6-4-5-7-12(11)17/h4-8,14H,1-3H3. The molecule has 2 aliphatic rings. The van der Waals surface area contributed by atoms with Gasteiger partial charge in [-0.25, -0.2) is 9.79 Å². The van der Waals surface area contributed by atoms with Crippen molar-refractivity contribution in [3.05, 3.63) is 56.7 Å². The maximum atomic E-state index is 12.3. The number of thioether (sulfide) groups is 1. The van der Waals surface area contributed by atoms with E-state index < -0.39 is 0 Å². The highest BCUT2D eigenvalue weighted by atomic mass is 79.9. The Morgan fingerprint density at radius 1 is 1.36 bits per heavy atom. The van der Waals surface area contributed by atoms with Gasteiger partial charge in [0.1, 0.15) is 0 Å². The molecule has 1 unspecified atom stereocenters. The molecule has 114 valence electrons. The van der Waals surface area contributed by atoms with Gasteiger partial charge in [0.15, 0.2) is 5.17 Å². The van der Waals surface area contributed by atoms with Gasteiger partial charge in [-0.05, 0) is 30.9 Å². The summed E-state index contributed by atoms with van der Waals surface area (Å²) in [6, 6.07) is 7.69. The predicted octanol–water partition coefficient (Wildman–Crippen LogP) is 4.22. The Kier molecular flexibility index (Phi) is 4.14. The molecule has 0 saturated carbocycles. The number of halogens is 1. The molecule has 0 N–H and O–H groups in total. The third kappa shape index (κ3) is 2.40. The molecule has 1 atom stereocenters. The smallest absolute Gasteiger partial charge is 0.338 e. The molecule has 0 bridgehead atoms. The molecule has 4 nitrogen and oxygen atoms in total. The van der Waals surface area contributed by atoms with Crippen molar-refractivity contribution in [2.24, 2.45) is 4.99 Å². The largest absolute Gasteiger partial charge is 0.466 e. The van der Waals surface area contributed by atoms with Crippen LogP contribution >= 0.6 is 27.7 Å². The number of aliphatic imine (C=N–C) groups is 1. The lowest BCUT2D eigenvalue weighted by atomic mass is 9.94. The number of ether oxygens (including phenoxy) is 1. The molecule has 2 heterocycles. The first-order valence-corrected chi connectivity index (χ1v) is 8.46. The summed E-state index contributed by atoms with van der Waals surface area (Å²) in [5.41, 5.74) is 3.37. The number of hydrogen-bond donors (Lipinski definition) is 0. The van der Waals surface area contributed by atoms with Gasteiger partial charge in [0.05, 0.1) is 24.4 Å². The highest BCUT2D eigenvalue weighted by Gasteiger charge is 2.40. The quantitative estimate of drug-likeness (QED) is 0.722. The van der Waals surface area contributed by atoms with E-state index in [4.69, 9.17) is 4.74 Å². The zero-order valence-corrected chi connectivity index (χ0v) is 14.9. The van der Waals surface area contributed by atoms with Crippen LogP contribution in [0.15, 0.2) is 56.1 Å². The van der Waals surface area contributed by atoms with E-state index in [0.717, 1.165) is 20.9 Å². The molecule has 0 aromatic heterocycles. The Bertz CT molecular complexity index is 739. The van der Waals surface area contributed by atoms with Gasteiger partial charge in [-0.15, -0.1) is 0 Å². The van der Waals surface area contributed by atoms with Crippen molar-refractivity contribution in [3.63, 3.8) is 0 Å². The van der Waals surface area contributed by atoms with Crippen LogP contribution in [-0.2, 0) is 9.53 Å². The summed E-state index contributed by atoms with van der Waals surface area (Å²) in [7, 11) is 1.40. The summed E-state index contributed by atoms with van der Waals surface area (Å²) < 4.78 is 5.96. The Hall–Kier alpha value is -1.53. The highest BCUT2D eigenvalue weighted by Crippen LogP contribution is 2.45. The van der Waals surface area contributed by atoms with Crippen molar-refractivity contribution in [2.75, 3.05) is 7.11 Å². The van der Waals surface area contributed by atoms with Crippen molar-refractivity contribution >= 4 is 38.8 Å². The molecule has 2 aliphatic heterocycles. The second kappa shape index (κ2) is 5.93. The zero-order chi connectivity index (χ0) is 15.9. The Morgan fingerprint density at radius 3 is 2.77 bits per heavy atom. The minimum atomic E-state index is -0.342. The molecular weight excluding hydrogens is 364 g/mol. The van der Waals surface area contributed by atoms with E-state index >= 15 is 0 Å². The number of fused-ring (bicyclic) bond motifs is 1. The molecule has 0 aliphatic carbocycles. The number of benzene rings is 1. The average molecular weight is 379 g/mol. The minimum Gasteiger partial charge on any atom is -0.466 e. The Labute approximate surface area is 142 Å². The van der Waals surface area contributed by atoms with Crippen molar-refractivity contribution in [2.45, 2.75) is 19.9 Å². The molecule has 1 aromatic carbocycles. The number of carbonyl (C=O) groups is 1. The number of carbonyl (C=O) groups excluding carboxylic acids is 1. The topological polar surface area (TPSA) is 41.9 Å². The lowest BCUT2D eigenvalue weighted by Gasteiger charge is -2.35. The molecule has 6 heteroatoms. The summed E-state index contributed by atoms with van der Waals surface area (Å²) in [5.74, 6) is -0.342. The van der Waals surface area contributed by atoms with Crippen molar-refractivity contribution < 1.29 is 9.53 Å². The van der Waals surface area contributed by atoms with Crippen molar-refractivity contribution in [1.29, 1.82) is 0 Å². The van der Waals surface area contributed by atoms with Crippen LogP contribution in [0, 0.1) is 0 Å². The van der Waals surface area contributed by atoms with Crippen LogP contribution in [0.1, 0.15) is 25.5 Å². The van der Waals surface area contributed by atoms with Crippen LogP contribution in [0.25, 0.3) is 0 Å². The average Bonchev–Trinajstić information content (AvgIpc) is 2.87. The Balaban J connectivity index is 2.21. The fourth-order valence-corrected chi connectivity index (χ4v) is 4.13. The van der Waals surface area contributed by atoms with Crippen LogP contribution in [0.2, 0.25) is 0 Å². The second-order valence-electron chi connectivity index (χ2n) is 5.06. The number of hydrogen-bond acceptors (Lipinski definition) is 5. The van der Waals surface area contributed by atoms with Gasteiger partial charge in [0, 0.05) is 10.2 Å². The maximum Gasteiger partial charge on any atom is 0.338 e. The summed E-state index contributed by atoms with van der Waals surface area (Å²) in [4.78, 5) is 19.0. The fourth-order valence-electron chi connectivity index (χ4n) is 2.69. The minimum absolute atomic E-state index is 0.234. The lowest BCUT2D eigenvalue weighted by Crippen LogP contribution is -2.36. The van der Waals surface area contributed by atoms with E-state index in [2.05, 4.69) is 31.2 Å². The number of allylic oxidation sites excluding steroid dienone is 2. The third-order valence-corrected chi connectivity index (χ3v) is 5.39. The first-order chi connectivity index (χ1) is 10.5. The van der Waals surface area contributed by atoms with Crippen LogP contribution < -0.4 is 0 Å². The molecule has 1 aromatic rings. The fraction of sp³-hybridized carbons (Fsp3) is 0.250. The number of amidine groups is 1. The van der Waals surface area contributed by atoms with Crippen LogP contribution in [0.3, 0.4) is 0 Å². The van der Waals surface area contributed by atoms with Crippen LogP contribution in [-0.4, -0.2) is 23.1 Å². The van der Waals surface area contributed by atoms with Gasteiger partial charge >= 0.3 is 5.97 Å². The van der Waals surface area contributed by atoms with E-state index in [0.29, 0.717) is 11.3 Å². The maximum absolute atomic E-state index is 12.3. The summed E-state index contributed by atoms with van der Waals surface area (Å²) in [5, 5.41) is 2.94. The van der Waals surface area contributed by atoms with Crippen molar-refractivity contribution in [1.82, 2.24) is 4.90 Å². The van der Waals surface area contributed by atoms with E-state index in [9.17, 15) is 4.79 Å². The van der Waals surface area contributed by atoms with Gasteiger partial charge < -0.3 is 9.64 Å². The number of nitrogens with zero attached hydrogens (tertiary/aromatic N) is 2. The van der Waals surface area contributed by atoms with E-state index in [1.54, 1.807) is 11.8 Å². The molecule has 0 spiro atoms. The molecular formula is C16H15BrN2O2S. The molecule has 0 amide bonds. The first-order valence-electron chi connectivity index (χ1n) is 6.79. The van der Waals surface area contributed by atoms with Gasteiger partial charge in [-0.3, -0.25) is 0 Å². The second-order valence-corrected chi connectivity index (χ2v) is 6.75. The molecule has 0 saturated heterocycles. The number of esters is 1. The number of rotatable bonds is 2. The van der Waals surface area contributed by atoms with Gasteiger partial charge in [0.25, 0.3) is 0 Å². The van der Waals surface area contributed by atoms with E-state index in [-0.39, 0.29) is 12.0 Å². The van der Waals surface area contributed by atoms with Gasteiger partial charge in [-0.2, -0.15) is 0 Å². The highest BCUT2D eigenvalue weighted by molar-refractivity contribution is 9.10. The SMILES string of the molecule is COC(=O)C1=C(C)N=C2SC=C(C)N2C1c1ccccc1Br.